The average molecular weight is 387 g/mol. The number of piperazine rings is 1. The molecule has 0 amide bonds. The van der Waals surface area contributed by atoms with E-state index >= 15 is 0 Å². The maximum absolute atomic E-state index is 10.4. The first-order valence-corrected chi connectivity index (χ1v) is 9.65. The number of benzene rings is 2. The Hall–Kier alpha value is -2.64. The predicted octanol–water partition coefficient (Wildman–Crippen LogP) is 0.569. The smallest absolute Gasteiger partial charge is 0.231 e. The highest BCUT2D eigenvalue weighted by Crippen LogP contribution is 2.35. The van der Waals surface area contributed by atoms with Crippen molar-refractivity contribution >= 4 is 5.69 Å². The fourth-order valence-corrected chi connectivity index (χ4v) is 3.71. The van der Waals surface area contributed by atoms with E-state index in [1.165, 1.54) is 4.90 Å². The molecule has 2 aromatic carbocycles. The molecule has 0 spiro atoms. The van der Waals surface area contributed by atoms with Gasteiger partial charge in [-0.25, -0.2) is 0 Å². The zero-order valence-corrected chi connectivity index (χ0v) is 16.1. The van der Waals surface area contributed by atoms with Gasteiger partial charge in [0.05, 0.1) is 39.0 Å². The van der Waals surface area contributed by atoms with Gasteiger partial charge in [0.1, 0.15) is 30.8 Å². The summed E-state index contributed by atoms with van der Waals surface area (Å²) in [6.07, 6.45) is -0.516. The first kappa shape index (κ1) is 18.7. The number of para-hydroxylation sites is 2. The Labute approximate surface area is 165 Å². The molecule has 1 saturated heterocycles. The second-order valence-corrected chi connectivity index (χ2v) is 7.09. The molecule has 2 N–H and O–H groups in total. The van der Waals surface area contributed by atoms with Crippen LogP contribution in [0.25, 0.3) is 0 Å². The van der Waals surface area contributed by atoms with Crippen LogP contribution in [0.1, 0.15) is 0 Å². The number of anilines is 1. The van der Waals surface area contributed by atoms with E-state index in [4.69, 9.17) is 18.9 Å². The summed E-state index contributed by atoms with van der Waals surface area (Å²) in [6, 6.07) is 13.6. The van der Waals surface area contributed by atoms with Gasteiger partial charge in [0.15, 0.2) is 11.5 Å². The fraction of sp³-hybridized carbons (Fsp3) is 0.429. The fourth-order valence-electron chi connectivity index (χ4n) is 3.71. The SMILES string of the molecule is COc1ccccc1N1CC[NH+](C[C@@H](O)COc2ccc3c(c2)OCO3)CC1. The van der Waals surface area contributed by atoms with Crippen LogP contribution in [0.3, 0.4) is 0 Å². The van der Waals surface area contributed by atoms with Crippen LogP contribution in [0.4, 0.5) is 5.69 Å². The van der Waals surface area contributed by atoms with Crippen LogP contribution in [-0.4, -0.2) is 64.4 Å². The number of ether oxygens (including phenoxy) is 4. The standard InChI is InChI=1S/C21H26N2O5/c1-25-19-5-3-2-4-18(19)23-10-8-22(9-11-23)13-16(24)14-26-17-6-7-20-21(12-17)28-15-27-20/h2-7,12,16,24H,8-11,13-15H2,1H3/p+1/t16-/m1/s1. The minimum absolute atomic E-state index is 0.242. The molecule has 0 bridgehead atoms. The van der Waals surface area contributed by atoms with Gasteiger partial charge in [-0.05, 0) is 24.3 Å². The van der Waals surface area contributed by atoms with Crippen molar-refractivity contribution in [3.05, 3.63) is 42.5 Å². The molecule has 7 nitrogen and oxygen atoms in total. The van der Waals surface area contributed by atoms with Crippen molar-refractivity contribution in [3.63, 3.8) is 0 Å². The van der Waals surface area contributed by atoms with Crippen molar-refractivity contribution in [2.75, 3.05) is 58.1 Å². The van der Waals surface area contributed by atoms with Gasteiger partial charge in [0.2, 0.25) is 6.79 Å². The number of nitrogens with zero attached hydrogens (tertiary/aromatic N) is 1. The molecule has 28 heavy (non-hydrogen) atoms. The van der Waals surface area contributed by atoms with Gasteiger partial charge in [-0.2, -0.15) is 0 Å². The Bertz CT molecular complexity index is 792. The highest BCUT2D eigenvalue weighted by Gasteiger charge is 2.24. The molecule has 2 aliphatic heterocycles. The zero-order chi connectivity index (χ0) is 19.3. The lowest BCUT2D eigenvalue weighted by Gasteiger charge is -2.35. The molecule has 0 aliphatic carbocycles. The van der Waals surface area contributed by atoms with Crippen LogP contribution in [0, 0.1) is 0 Å². The summed E-state index contributed by atoms with van der Waals surface area (Å²) in [7, 11) is 1.71. The van der Waals surface area contributed by atoms with Crippen molar-refractivity contribution in [1.82, 2.24) is 0 Å². The van der Waals surface area contributed by atoms with E-state index in [-0.39, 0.29) is 13.4 Å². The van der Waals surface area contributed by atoms with Crippen LogP contribution in [-0.2, 0) is 0 Å². The van der Waals surface area contributed by atoms with Gasteiger partial charge < -0.3 is 33.9 Å². The monoisotopic (exact) mass is 387 g/mol. The summed E-state index contributed by atoms with van der Waals surface area (Å²) in [5, 5.41) is 10.4. The molecule has 0 radical (unpaired) electrons. The average Bonchev–Trinajstić information content (AvgIpc) is 3.21. The molecule has 0 saturated carbocycles. The van der Waals surface area contributed by atoms with Gasteiger partial charge in [-0.1, -0.05) is 12.1 Å². The molecule has 2 aromatic rings. The topological polar surface area (TPSA) is 64.8 Å². The van der Waals surface area contributed by atoms with Crippen molar-refractivity contribution < 1.29 is 29.0 Å². The quantitative estimate of drug-likeness (QED) is 0.724. The Morgan fingerprint density at radius 2 is 1.89 bits per heavy atom. The lowest BCUT2D eigenvalue weighted by molar-refractivity contribution is -0.903. The Balaban J connectivity index is 1.23. The van der Waals surface area contributed by atoms with Crippen LogP contribution >= 0.6 is 0 Å². The number of aliphatic hydroxyl groups is 1. The van der Waals surface area contributed by atoms with Gasteiger partial charge >= 0.3 is 0 Å². The van der Waals surface area contributed by atoms with Crippen LogP contribution in [0.15, 0.2) is 42.5 Å². The second kappa shape index (κ2) is 8.58. The first-order chi connectivity index (χ1) is 13.7. The van der Waals surface area contributed by atoms with Gasteiger partial charge in [-0.3, -0.25) is 0 Å². The van der Waals surface area contributed by atoms with E-state index in [2.05, 4.69) is 11.0 Å². The molecule has 150 valence electrons. The van der Waals surface area contributed by atoms with Gasteiger partial charge in [0, 0.05) is 6.07 Å². The molecule has 2 aliphatic rings. The van der Waals surface area contributed by atoms with E-state index in [1.807, 2.05) is 30.3 Å². The third kappa shape index (κ3) is 4.26. The third-order valence-electron chi connectivity index (χ3n) is 5.21. The summed E-state index contributed by atoms with van der Waals surface area (Å²) in [4.78, 5) is 3.73. The number of hydrogen-bond donors (Lipinski definition) is 2. The van der Waals surface area contributed by atoms with E-state index in [9.17, 15) is 5.11 Å². The van der Waals surface area contributed by atoms with E-state index in [1.54, 1.807) is 13.2 Å². The predicted molar refractivity (Wildman–Crippen MR) is 105 cm³/mol. The lowest BCUT2D eigenvalue weighted by atomic mass is 10.2. The van der Waals surface area contributed by atoms with E-state index in [0.29, 0.717) is 18.0 Å². The summed E-state index contributed by atoms with van der Waals surface area (Å²) in [5.41, 5.74) is 1.13. The highest BCUT2D eigenvalue weighted by atomic mass is 16.7. The Morgan fingerprint density at radius 3 is 2.71 bits per heavy atom. The van der Waals surface area contributed by atoms with E-state index in [0.717, 1.165) is 43.4 Å². The largest absolute Gasteiger partial charge is 0.495 e. The number of rotatable bonds is 7. The highest BCUT2D eigenvalue weighted by molar-refractivity contribution is 5.58. The van der Waals surface area contributed by atoms with Gasteiger partial charge in [0.25, 0.3) is 0 Å². The number of fused-ring (bicyclic) bond motifs is 1. The van der Waals surface area contributed by atoms with Crippen LogP contribution < -0.4 is 28.7 Å². The summed E-state index contributed by atoms with van der Waals surface area (Å²) >= 11 is 0. The molecule has 4 rings (SSSR count). The number of aliphatic hydroxyl groups excluding tert-OH is 1. The summed E-state index contributed by atoms with van der Waals surface area (Å²) in [5.74, 6) is 3.00. The maximum atomic E-state index is 10.4. The molecule has 1 atom stereocenters. The molecule has 1 fully saturated rings. The van der Waals surface area contributed by atoms with Crippen molar-refractivity contribution in [2.24, 2.45) is 0 Å². The zero-order valence-electron chi connectivity index (χ0n) is 16.1. The lowest BCUT2D eigenvalue weighted by Crippen LogP contribution is -3.16. The Kier molecular flexibility index (Phi) is 5.73. The molecule has 0 unspecified atom stereocenters. The molecule has 0 aromatic heterocycles. The number of quaternary nitrogens is 1. The van der Waals surface area contributed by atoms with Crippen molar-refractivity contribution in [2.45, 2.75) is 6.10 Å². The normalized spacial score (nSPS) is 17.4. The maximum Gasteiger partial charge on any atom is 0.231 e. The summed E-state index contributed by atoms with van der Waals surface area (Å²) < 4.78 is 21.8. The second-order valence-electron chi connectivity index (χ2n) is 7.09. The minimum atomic E-state index is -0.516. The summed E-state index contributed by atoms with van der Waals surface area (Å²) in [6.45, 7) is 4.99. The van der Waals surface area contributed by atoms with E-state index < -0.39 is 6.10 Å². The number of methoxy groups -OCH3 is 1. The third-order valence-corrected chi connectivity index (χ3v) is 5.21. The van der Waals surface area contributed by atoms with Crippen molar-refractivity contribution in [3.8, 4) is 23.0 Å². The molecule has 7 heteroatoms. The molecular weight excluding hydrogens is 360 g/mol. The van der Waals surface area contributed by atoms with Gasteiger partial charge in [-0.15, -0.1) is 0 Å². The molecule has 2 heterocycles. The minimum Gasteiger partial charge on any atom is -0.495 e. The van der Waals surface area contributed by atoms with Crippen LogP contribution in [0.5, 0.6) is 23.0 Å². The number of hydrogen-bond acceptors (Lipinski definition) is 6. The number of nitrogens with one attached hydrogen (secondary N) is 1. The van der Waals surface area contributed by atoms with Crippen molar-refractivity contribution in [1.29, 1.82) is 0 Å². The van der Waals surface area contributed by atoms with Crippen LogP contribution in [0.2, 0.25) is 0 Å². The molecular formula is C21H27N2O5+. The first-order valence-electron chi connectivity index (χ1n) is 9.65. The Morgan fingerprint density at radius 1 is 1.11 bits per heavy atom.